The molecule has 0 bridgehead atoms. The molecule has 0 radical (unpaired) electrons. The third-order valence-corrected chi connectivity index (χ3v) is 5.97. The quantitative estimate of drug-likeness (QED) is 0.201. The van der Waals surface area contributed by atoms with Crippen LogP contribution in [0.4, 0.5) is 0 Å². The smallest absolute Gasteiger partial charge is 0.114 e. The molecule has 5 nitrogen and oxygen atoms in total. The molecule has 0 aromatic rings. The highest BCUT2D eigenvalue weighted by Crippen LogP contribution is 2.19. The molecule has 0 spiro atoms. The average molecular weight is 429 g/mol. The molecule has 1 fully saturated rings. The summed E-state index contributed by atoms with van der Waals surface area (Å²) in [5.74, 6) is 0. The topological polar surface area (TPSA) is 79.2 Å². The molecule has 178 valence electrons. The van der Waals surface area contributed by atoms with Crippen LogP contribution in [0.2, 0.25) is 0 Å². The average Bonchev–Trinajstić information content (AvgIpc) is 2.75. The maximum absolute atomic E-state index is 10.1. The molecule has 4 atom stereocenters. The zero-order valence-electron chi connectivity index (χ0n) is 19.4. The summed E-state index contributed by atoms with van der Waals surface area (Å²) < 4.78 is 10.9. The van der Waals surface area contributed by atoms with Crippen LogP contribution in [0.5, 0.6) is 0 Å². The predicted octanol–water partition coefficient (Wildman–Crippen LogP) is 4.91. The van der Waals surface area contributed by atoms with Crippen LogP contribution in [0, 0.1) is 0 Å². The van der Waals surface area contributed by atoms with Crippen LogP contribution in [-0.2, 0) is 9.47 Å². The molecule has 0 aromatic carbocycles. The highest BCUT2D eigenvalue weighted by atomic mass is 16.6. The van der Waals surface area contributed by atoms with Crippen LogP contribution < -0.4 is 0 Å². The Balaban J connectivity index is 1.83. The van der Waals surface area contributed by atoms with E-state index in [1.54, 1.807) is 0 Å². The van der Waals surface area contributed by atoms with Crippen LogP contribution in [0.25, 0.3) is 0 Å². The molecule has 0 amide bonds. The number of aliphatic hydroxyl groups is 3. The van der Waals surface area contributed by atoms with Gasteiger partial charge in [-0.2, -0.15) is 0 Å². The van der Waals surface area contributed by atoms with Crippen molar-refractivity contribution in [3.63, 3.8) is 0 Å². The molecular formula is C25H48O5. The van der Waals surface area contributed by atoms with Crippen molar-refractivity contribution >= 4 is 0 Å². The van der Waals surface area contributed by atoms with E-state index in [4.69, 9.17) is 14.6 Å². The predicted molar refractivity (Wildman–Crippen MR) is 123 cm³/mol. The fraction of sp³-hybridized carbons (Fsp3) is 0.920. The fourth-order valence-corrected chi connectivity index (χ4v) is 3.97. The van der Waals surface area contributed by atoms with Crippen LogP contribution in [0.1, 0.15) is 103 Å². The highest BCUT2D eigenvalue weighted by molar-refractivity contribution is 4.87. The monoisotopic (exact) mass is 428 g/mol. The van der Waals surface area contributed by atoms with Crippen molar-refractivity contribution in [3.05, 3.63) is 12.2 Å². The molecule has 30 heavy (non-hydrogen) atoms. The molecule has 1 rings (SSSR count). The lowest BCUT2D eigenvalue weighted by Crippen LogP contribution is -2.55. The summed E-state index contributed by atoms with van der Waals surface area (Å²) in [5.41, 5.74) is 0. The Kier molecular flexibility index (Phi) is 17.7. The lowest BCUT2D eigenvalue weighted by Gasteiger charge is -2.37. The Labute approximate surface area is 184 Å². The molecule has 0 aliphatic carbocycles. The van der Waals surface area contributed by atoms with Crippen LogP contribution in [-0.4, -0.2) is 59.6 Å². The second-order valence-corrected chi connectivity index (χ2v) is 8.74. The van der Waals surface area contributed by atoms with E-state index in [1.165, 1.54) is 83.5 Å². The molecule has 5 heteroatoms. The van der Waals surface area contributed by atoms with Gasteiger partial charge < -0.3 is 24.8 Å². The van der Waals surface area contributed by atoms with Gasteiger partial charge in [0.25, 0.3) is 0 Å². The zero-order valence-corrected chi connectivity index (χ0v) is 19.4. The van der Waals surface area contributed by atoms with Gasteiger partial charge in [0.1, 0.15) is 24.4 Å². The maximum atomic E-state index is 10.1. The van der Waals surface area contributed by atoms with Gasteiger partial charge in [0.2, 0.25) is 0 Å². The second-order valence-electron chi connectivity index (χ2n) is 8.74. The van der Waals surface area contributed by atoms with E-state index in [9.17, 15) is 10.2 Å². The maximum Gasteiger partial charge on any atom is 0.114 e. The number of ether oxygens (including phenoxy) is 2. The fourth-order valence-electron chi connectivity index (χ4n) is 3.97. The van der Waals surface area contributed by atoms with Gasteiger partial charge in [0, 0.05) is 6.61 Å². The summed E-state index contributed by atoms with van der Waals surface area (Å²) in [4.78, 5) is 0. The molecular weight excluding hydrogens is 380 g/mol. The Morgan fingerprint density at radius 3 is 1.90 bits per heavy atom. The Morgan fingerprint density at radius 2 is 1.33 bits per heavy atom. The first-order valence-corrected chi connectivity index (χ1v) is 12.6. The minimum absolute atomic E-state index is 0.0999. The summed E-state index contributed by atoms with van der Waals surface area (Å²) >= 11 is 0. The van der Waals surface area contributed by atoms with E-state index in [-0.39, 0.29) is 13.2 Å². The standard InChI is InChI=1S/C25H48O5/c1-2-3-4-5-6-7-8-9-10-11-12-13-14-15-16-17-18-19-29-25-22(27)21-30-23(20-26)24(25)28/h6-7,22-28H,2-5,8-21H2,1H3/b7-6+/t22-,23+,24+,25+/m0/s1. The third-order valence-electron chi connectivity index (χ3n) is 5.97. The Bertz CT molecular complexity index is 401. The van der Waals surface area contributed by atoms with Gasteiger partial charge in [0.15, 0.2) is 0 Å². The van der Waals surface area contributed by atoms with E-state index >= 15 is 0 Å². The molecule has 0 unspecified atom stereocenters. The first kappa shape index (κ1) is 27.6. The Hall–Kier alpha value is -0.460. The Morgan fingerprint density at radius 1 is 0.800 bits per heavy atom. The van der Waals surface area contributed by atoms with Gasteiger partial charge >= 0.3 is 0 Å². The first-order chi connectivity index (χ1) is 14.7. The van der Waals surface area contributed by atoms with E-state index < -0.39 is 24.4 Å². The van der Waals surface area contributed by atoms with Crippen molar-refractivity contribution in [2.75, 3.05) is 19.8 Å². The lowest BCUT2D eigenvalue weighted by molar-refractivity contribution is -0.210. The van der Waals surface area contributed by atoms with Gasteiger partial charge in [-0.25, -0.2) is 0 Å². The molecule has 1 saturated heterocycles. The number of hydrogen-bond acceptors (Lipinski definition) is 5. The minimum atomic E-state index is -0.972. The summed E-state index contributed by atoms with van der Waals surface area (Å²) in [6.07, 6.45) is 20.7. The van der Waals surface area contributed by atoms with E-state index in [0.29, 0.717) is 6.61 Å². The van der Waals surface area contributed by atoms with Crippen molar-refractivity contribution in [2.45, 2.75) is 128 Å². The summed E-state index contributed by atoms with van der Waals surface area (Å²) in [5, 5.41) is 29.1. The van der Waals surface area contributed by atoms with Gasteiger partial charge in [-0.1, -0.05) is 83.3 Å². The number of aliphatic hydroxyl groups excluding tert-OH is 3. The van der Waals surface area contributed by atoms with Crippen molar-refractivity contribution in [1.29, 1.82) is 0 Å². The number of hydrogen-bond donors (Lipinski definition) is 3. The third kappa shape index (κ3) is 13.1. The summed E-state index contributed by atoms with van der Waals surface area (Å²) in [6.45, 7) is 2.62. The van der Waals surface area contributed by atoms with E-state index in [2.05, 4.69) is 19.1 Å². The van der Waals surface area contributed by atoms with Gasteiger partial charge in [-0.15, -0.1) is 0 Å². The molecule has 1 aliphatic heterocycles. The number of unbranched alkanes of at least 4 members (excludes halogenated alkanes) is 13. The summed E-state index contributed by atoms with van der Waals surface area (Å²) in [7, 11) is 0. The summed E-state index contributed by atoms with van der Waals surface area (Å²) in [6, 6.07) is 0. The van der Waals surface area contributed by atoms with E-state index in [1.807, 2.05) is 0 Å². The van der Waals surface area contributed by atoms with E-state index in [0.717, 1.165) is 12.8 Å². The minimum Gasteiger partial charge on any atom is -0.394 e. The van der Waals surface area contributed by atoms with Crippen LogP contribution in [0.15, 0.2) is 12.2 Å². The second kappa shape index (κ2) is 19.2. The zero-order chi connectivity index (χ0) is 21.9. The molecule has 0 aromatic heterocycles. The van der Waals surface area contributed by atoms with Gasteiger partial charge in [-0.05, 0) is 32.1 Å². The lowest BCUT2D eigenvalue weighted by atomic mass is 10.0. The number of allylic oxidation sites excluding steroid dienone is 2. The highest BCUT2D eigenvalue weighted by Gasteiger charge is 2.38. The molecule has 1 heterocycles. The number of rotatable bonds is 19. The van der Waals surface area contributed by atoms with Crippen molar-refractivity contribution in [3.8, 4) is 0 Å². The molecule has 0 saturated carbocycles. The largest absolute Gasteiger partial charge is 0.394 e. The first-order valence-electron chi connectivity index (χ1n) is 12.6. The van der Waals surface area contributed by atoms with Crippen molar-refractivity contribution < 1.29 is 24.8 Å². The molecule has 3 N–H and O–H groups in total. The SMILES string of the molecule is CCCCC/C=C/CCCCCCCCCCCCO[C@H]1[C@H](O)[C@@H](CO)OC[C@@H]1O. The van der Waals surface area contributed by atoms with Crippen molar-refractivity contribution in [2.24, 2.45) is 0 Å². The van der Waals surface area contributed by atoms with Crippen LogP contribution in [0.3, 0.4) is 0 Å². The molecule has 1 aliphatic rings. The van der Waals surface area contributed by atoms with Crippen LogP contribution >= 0.6 is 0 Å². The van der Waals surface area contributed by atoms with Crippen molar-refractivity contribution in [1.82, 2.24) is 0 Å². The normalized spacial score (nSPS) is 24.7. The van der Waals surface area contributed by atoms with Gasteiger partial charge in [-0.3, -0.25) is 0 Å². The van der Waals surface area contributed by atoms with Gasteiger partial charge in [0.05, 0.1) is 13.2 Å².